The van der Waals surface area contributed by atoms with Crippen LogP contribution in [-0.2, 0) is 9.59 Å². The number of nitrogens with one attached hydrogen (secondary N) is 1. The Kier molecular flexibility index (Phi) is 5.34. The van der Waals surface area contributed by atoms with E-state index in [9.17, 15) is 14.0 Å². The fourth-order valence-corrected chi connectivity index (χ4v) is 2.97. The van der Waals surface area contributed by atoms with E-state index in [-0.39, 0.29) is 42.3 Å². The van der Waals surface area contributed by atoms with Gasteiger partial charge in [-0.25, -0.2) is 9.40 Å². The number of amides is 2. The highest BCUT2D eigenvalue weighted by atomic mass is 19.1. The number of para-hydroxylation sites is 1. The second-order valence-electron chi connectivity index (χ2n) is 6.79. The van der Waals surface area contributed by atoms with E-state index in [1.54, 1.807) is 18.2 Å². The van der Waals surface area contributed by atoms with Crippen molar-refractivity contribution < 1.29 is 18.5 Å². The van der Waals surface area contributed by atoms with E-state index in [0.29, 0.717) is 23.4 Å². The summed E-state index contributed by atoms with van der Waals surface area (Å²) in [5, 5.41) is 12.0. The molecule has 1 aliphatic rings. The Bertz CT molecular complexity index is 1120. The van der Waals surface area contributed by atoms with Gasteiger partial charge in [-0.15, -0.1) is 0 Å². The average molecular weight is 407 g/mol. The summed E-state index contributed by atoms with van der Waals surface area (Å²) in [5.41, 5.74) is 2.60. The minimum atomic E-state index is -0.364. The SMILES string of the molecule is Cc1ccccc1NC(=O)CN1N=C(c2nc(-c3ccc(F)cc3)no2)CCC1=O. The maximum absolute atomic E-state index is 13.1. The molecular formula is C21H18FN5O3. The molecule has 0 saturated carbocycles. The second kappa shape index (κ2) is 8.24. The lowest BCUT2D eigenvalue weighted by Gasteiger charge is -2.22. The lowest BCUT2D eigenvalue weighted by molar-refractivity contribution is -0.135. The number of aromatic nitrogens is 2. The van der Waals surface area contributed by atoms with Gasteiger partial charge in [-0.3, -0.25) is 9.59 Å². The first-order valence-corrected chi connectivity index (χ1v) is 9.33. The molecule has 1 N–H and O–H groups in total. The van der Waals surface area contributed by atoms with Crippen molar-refractivity contribution in [2.75, 3.05) is 11.9 Å². The molecule has 0 radical (unpaired) electrons. The summed E-state index contributed by atoms with van der Waals surface area (Å²) in [7, 11) is 0. The highest BCUT2D eigenvalue weighted by molar-refractivity contribution is 6.02. The molecule has 2 aromatic carbocycles. The Labute approximate surface area is 171 Å². The molecule has 1 aromatic heterocycles. The molecular weight excluding hydrogens is 389 g/mol. The van der Waals surface area contributed by atoms with Crippen LogP contribution < -0.4 is 5.32 Å². The van der Waals surface area contributed by atoms with E-state index >= 15 is 0 Å². The Morgan fingerprint density at radius 3 is 2.70 bits per heavy atom. The molecule has 4 rings (SSSR count). The molecule has 0 atom stereocenters. The van der Waals surface area contributed by atoms with E-state index in [1.807, 2.05) is 25.1 Å². The van der Waals surface area contributed by atoms with Crippen LogP contribution in [0.5, 0.6) is 0 Å². The fourth-order valence-electron chi connectivity index (χ4n) is 2.97. The molecule has 2 heterocycles. The van der Waals surface area contributed by atoms with Crippen molar-refractivity contribution in [1.82, 2.24) is 15.1 Å². The number of hydrogen-bond acceptors (Lipinski definition) is 6. The van der Waals surface area contributed by atoms with Crippen LogP contribution in [0.1, 0.15) is 24.3 Å². The van der Waals surface area contributed by atoms with Crippen molar-refractivity contribution in [3.05, 3.63) is 65.8 Å². The molecule has 3 aromatic rings. The van der Waals surface area contributed by atoms with Crippen LogP contribution >= 0.6 is 0 Å². The van der Waals surface area contributed by atoms with Gasteiger partial charge in [-0.1, -0.05) is 23.4 Å². The molecule has 0 fully saturated rings. The number of halogens is 1. The first kappa shape index (κ1) is 19.4. The third-order valence-electron chi connectivity index (χ3n) is 4.59. The number of carbonyl (C=O) groups excluding carboxylic acids is 2. The molecule has 0 spiro atoms. The van der Waals surface area contributed by atoms with Crippen LogP contribution in [0.25, 0.3) is 11.4 Å². The topological polar surface area (TPSA) is 101 Å². The van der Waals surface area contributed by atoms with Crippen molar-refractivity contribution in [2.24, 2.45) is 5.10 Å². The molecule has 30 heavy (non-hydrogen) atoms. The quantitative estimate of drug-likeness (QED) is 0.700. The Morgan fingerprint density at radius 1 is 1.17 bits per heavy atom. The first-order chi connectivity index (χ1) is 14.5. The predicted octanol–water partition coefficient (Wildman–Crippen LogP) is 3.15. The zero-order chi connectivity index (χ0) is 21.1. The Morgan fingerprint density at radius 2 is 1.93 bits per heavy atom. The molecule has 0 saturated heterocycles. The van der Waals surface area contributed by atoms with Crippen molar-refractivity contribution >= 4 is 23.2 Å². The van der Waals surface area contributed by atoms with Crippen LogP contribution in [0.15, 0.2) is 58.2 Å². The molecule has 0 bridgehead atoms. The second-order valence-corrected chi connectivity index (χ2v) is 6.79. The number of aryl methyl sites for hydroxylation is 1. The van der Waals surface area contributed by atoms with E-state index in [2.05, 4.69) is 20.6 Å². The molecule has 0 unspecified atom stereocenters. The van der Waals surface area contributed by atoms with Crippen LogP contribution in [0.3, 0.4) is 0 Å². The van der Waals surface area contributed by atoms with Gasteiger partial charge in [0.2, 0.25) is 17.6 Å². The van der Waals surface area contributed by atoms with Gasteiger partial charge in [0, 0.05) is 24.1 Å². The number of benzene rings is 2. The van der Waals surface area contributed by atoms with Crippen LogP contribution in [0, 0.1) is 12.7 Å². The standard InChI is InChI=1S/C21H18FN5O3/c1-13-4-2-3-5-16(13)23-18(28)12-27-19(29)11-10-17(25-27)21-24-20(26-30-21)14-6-8-15(22)9-7-14/h2-9H,10-12H2,1H3,(H,23,28). The molecule has 8 nitrogen and oxygen atoms in total. The van der Waals surface area contributed by atoms with Crippen LogP contribution in [0.4, 0.5) is 10.1 Å². The number of hydrazone groups is 1. The summed E-state index contributed by atoms with van der Waals surface area (Å²) >= 11 is 0. The minimum Gasteiger partial charge on any atom is -0.332 e. The van der Waals surface area contributed by atoms with E-state index in [0.717, 1.165) is 10.6 Å². The lowest BCUT2D eigenvalue weighted by Crippen LogP contribution is -2.38. The van der Waals surface area contributed by atoms with Crippen molar-refractivity contribution in [3.8, 4) is 11.4 Å². The van der Waals surface area contributed by atoms with E-state index in [1.165, 1.54) is 12.1 Å². The highest BCUT2D eigenvalue weighted by Crippen LogP contribution is 2.20. The monoisotopic (exact) mass is 407 g/mol. The maximum Gasteiger partial charge on any atom is 0.274 e. The summed E-state index contributed by atoms with van der Waals surface area (Å²) in [4.78, 5) is 28.9. The van der Waals surface area contributed by atoms with Gasteiger partial charge in [-0.05, 0) is 42.8 Å². The van der Waals surface area contributed by atoms with Crippen molar-refractivity contribution in [1.29, 1.82) is 0 Å². The summed E-state index contributed by atoms with van der Waals surface area (Å²) in [5.74, 6) is -0.547. The number of nitrogens with zero attached hydrogens (tertiary/aromatic N) is 4. The zero-order valence-corrected chi connectivity index (χ0v) is 16.1. The van der Waals surface area contributed by atoms with Crippen molar-refractivity contribution in [3.63, 3.8) is 0 Å². The molecule has 1 aliphatic heterocycles. The van der Waals surface area contributed by atoms with Crippen LogP contribution in [0.2, 0.25) is 0 Å². The van der Waals surface area contributed by atoms with E-state index in [4.69, 9.17) is 4.52 Å². The third kappa shape index (κ3) is 4.24. The molecule has 2 amide bonds. The van der Waals surface area contributed by atoms with Gasteiger partial charge in [0.1, 0.15) is 18.1 Å². The zero-order valence-electron chi connectivity index (χ0n) is 16.1. The highest BCUT2D eigenvalue weighted by Gasteiger charge is 2.26. The van der Waals surface area contributed by atoms with Gasteiger partial charge < -0.3 is 9.84 Å². The van der Waals surface area contributed by atoms with Crippen molar-refractivity contribution in [2.45, 2.75) is 19.8 Å². The third-order valence-corrected chi connectivity index (χ3v) is 4.59. The van der Waals surface area contributed by atoms with Gasteiger partial charge in [0.15, 0.2) is 0 Å². The van der Waals surface area contributed by atoms with Gasteiger partial charge in [0.05, 0.1) is 0 Å². The largest absolute Gasteiger partial charge is 0.332 e. The number of carbonyl (C=O) groups is 2. The summed E-state index contributed by atoms with van der Waals surface area (Å²) in [6, 6.07) is 13.0. The molecule has 9 heteroatoms. The summed E-state index contributed by atoms with van der Waals surface area (Å²) in [6.45, 7) is 1.65. The number of hydrogen-bond donors (Lipinski definition) is 1. The van der Waals surface area contributed by atoms with Gasteiger partial charge in [0.25, 0.3) is 5.89 Å². The Hall–Kier alpha value is -3.88. The summed E-state index contributed by atoms with van der Waals surface area (Å²) < 4.78 is 18.4. The molecule has 0 aliphatic carbocycles. The molecule has 152 valence electrons. The average Bonchev–Trinajstić information content (AvgIpc) is 3.22. The smallest absolute Gasteiger partial charge is 0.274 e. The maximum atomic E-state index is 13.1. The lowest BCUT2D eigenvalue weighted by atomic mass is 10.1. The van der Waals surface area contributed by atoms with Gasteiger partial charge in [-0.2, -0.15) is 10.1 Å². The Balaban J connectivity index is 1.49. The number of anilines is 1. The first-order valence-electron chi connectivity index (χ1n) is 9.33. The minimum absolute atomic E-state index is 0.158. The number of rotatable bonds is 5. The summed E-state index contributed by atoms with van der Waals surface area (Å²) in [6.07, 6.45) is 0.491. The van der Waals surface area contributed by atoms with Crippen LogP contribution in [-0.4, -0.2) is 39.2 Å². The normalized spacial score (nSPS) is 13.9. The fraction of sp³-hybridized carbons (Fsp3) is 0.190. The predicted molar refractivity (Wildman–Crippen MR) is 107 cm³/mol. The van der Waals surface area contributed by atoms with E-state index < -0.39 is 0 Å². The van der Waals surface area contributed by atoms with Gasteiger partial charge >= 0.3 is 0 Å².